The summed E-state index contributed by atoms with van der Waals surface area (Å²) in [5.41, 5.74) is 5.03. The molecule has 1 atom stereocenters. The van der Waals surface area contributed by atoms with E-state index in [-0.39, 0.29) is 30.9 Å². The van der Waals surface area contributed by atoms with E-state index in [1.807, 2.05) is 5.32 Å². The van der Waals surface area contributed by atoms with Crippen LogP contribution >= 0.6 is 0 Å². The summed E-state index contributed by atoms with van der Waals surface area (Å²) in [6, 6.07) is 7.95. The minimum Gasteiger partial charge on any atom is -0.384 e. The van der Waals surface area contributed by atoms with Crippen molar-refractivity contribution in [1.82, 2.24) is 19.4 Å². The van der Waals surface area contributed by atoms with Gasteiger partial charge in [0.2, 0.25) is 5.91 Å². The molecule has 0 aliphatic carbocycles. The number of rotatable bonds is 8. The smallest absolute Gasteiger partial charge is 0.384 e. The van der Waals surface area contributed by atoms with Crippen molar-refractivity contribution in [2.45, 2.75) is 51.5 Å². The van der Waals surface area contributed by atoms with E-state index in [1.165, 1.54) is 4.90 Å². The maximum Gasteiger partial charge on any atom is 0.405 e. The lowest BCUT2D eigenvalue weighted by atomic mass is 10.00. The summed E-state index contributed by atoms with van der Waals surface area (Å²) in [7, 11) is 0. The van der Waals surface area contributed by atoms with Crippen LogP contribution in [0, 0.1) is 0 Å². The Balaban J connectivity index is 1.91. The zero-order valence-corrected chi connectivity index (χ0v) is 19.3. The van der Waals surface area contributed by atoms with Gasteiger partial charge < -0.3 is 11.1 Å². The highest BCUT2D eigenvalue weighted by Gasteiger charge is 2.34. The number of hydrogen-bond acceptors (Lipinski definition) is 6. The third-order valence-electron chi connectivity index (χ3n) is 5.97. The number of amides is 1. The van der Waals surface area contributed by atoms with E-state index >= 15 is 0 Å². The summed E-state index contributed by atoms with van der Waals surface area (Å²) in [6.07, 6.45) is -3.03. The zero-order chi connectivity index (χ0) is 25.8. The number of alkyl halides is 3. The number of halogens is 3. The van der Waals surface area contributed by atoms with Gasteiger partial charge >= 0.3 is 11.9 Å². The molecule has 1 aromatic carbocycles. The number of nitrogens with zero attached hydrogens (tertiary/aromatic N) is 3. The second-order valence-electron chi connectivity index (χ2n) is 8.40. The monoisotopic (exact) mass is 495 g/mol. The fourth-order valence-corrected chi connectivity index (χ4v) is 4.22. The van der Waals surface area contributed by atoms with Crippen molar-refractivity contribution < 1.29 is 22.8 Å². The molecule has 0 saturated carbocycles. The number of nitrogen functional groups attached to an aromatic ring is 1. The number of carbonyl (C=O) groups is 2. The molecule has 2 heterocycles. The molecule has 1 fully saturated rings. The molecular weight excluding hydrogens is 467 g/mol. The predicted molar refractivity (Wildman–Crippen MR) is 123 cm³/mol. The van der Waals surface area contributed by atoms with Gasteiger partial charge in [-0.05, 0) is 31.9 Å². The highest BCUT2D eigenvalue weighted by Crippen LogP contribution is 2.20. The molecule has 0 spiro atoms. The lowest BCUT2D eigenvalue weighted by Crippen LogP contribution is -2.53. The largest absolute Gasteiger partial charge is 0.405 e. The fourth-order valence-electron chi connectivity index (χ4n) is 4.22. The van der Waals surface area contributed by atoms with E-state index in [2.05, 4.69) is 0 Å². The first kappa shape index (κ1) is 26.2. The normalized spacial score (nSPS) is 16.7. The molecule has 0 bridgehead atoms. The molecule has 1 aliphatic rings. The Morgan fingerprint density at radius 3 is 2.43 bits per heavy atom. The quantitative estimate of drug-likeness (QED) is 0.534. The van der Waals surface area contributed by atoms with E-state index < -0.39 is 48.2 Å². The number of Topliss-reactive ketones (excluding diaryl/α,β-unsaturated/α-hetero) is 1. The van der Waals surface area contributed by atoms with Crippen LogP contribution < -0.4 is 22.3 Å². The third-order valence-corrected chi connectivity index (χ3v) is 5.97. The summed E-state index contributed by atoms with van der Waals surface area (Å²) in [4.78, 5) is 53.0. The summed E-state index contributed by atoms with van der Waals surface area (Å²) in [5, 5.41) is 1.87. The average molecular weight is 496 g/mol. The molecule has 190 valence electrons. The predicted octanol–water partition coefficient (Wildman–Crippen LogP) is 1.38. The van der Waals surface area contributed by atoms with E-state index in [0.29, 0.717) is 19.4 Å². The highest BCUT2D eigenvalue weighted by atomic mass is 19.4. The maximum atomic E-state index is 13.3. The number of anilines is 1. The summed E-state index contributed by atoms with van der Waals surface area (Å²) < 4.78 is 39.7. The molecule has 12 heteroatoms. The summed E-state index contributed by atoms with van der Waals surface area (Å²) in [5.74, 6) is -1.82. The van der Waals surface area contributed by atoms with Crippen molar-refractivity contribution in [1.29, 1.82) is 0 Å². The first-order valence-electron chi connectivity index (χ1n) is 11.3. The van der Waals surface area contributed by atoms with Crippen LogP contribution in [0.25, 0.3) is 0 Å². The van der Waals surface area contributed by atoms with E-state index in [0.717, 1.165) is 14.7 Å². The topological polar surface area (TPSA) is 119 Å². The third kappa shape index (κ3) is 6.18. The number of nitrogens with one attached hydrogen (secondary N) is 1. The molecule has 1 aliphatic heterocycles. The van der Waals surface area contributed by atoms with Crippen LogP contribution in [0.4, 0.5) is 19.0 Å². The maximum absolute atomic E-state index is 13.3. The van der Waals surface area contributed by atoms with Crippen LogP contribution in [0.1, 0.15) is 42.1 Å². The van der Waals surface area contributed by atoms with Crippen LogP contribution in [0.3, 0.4) is 0 Å². The number of piperidine rings is 1. The molecule has 1 amide bonds. The minimum atomic E-state index is -4.56. The van der Waals surface area contributed by atoms with Crippen LogP contribution in [0.2, 0.25) is 0 Å². The van der Waals surface area contributed by atoms with Gasteiger partial charge in [0, 0.05) is 6.54 Å². The molecular formula is C23H28F3N5O4. The van der Waals surface area contributed by atoms with Crippen molar-refractivity contribution in [2.75, 3.05) is 25.4 Å². The molecule has 2 aromatic rings. The van der Waals surface area contributed by atoms with Crippen molar-refractivity contribution in [3.05, 3.63) is 62.3 Å². The van der Waals surface area contributed by atoms with Crippen LogP contribution in [0.5, 0.6) is 0 Å². The van der Waals surface area contributed by atoms with Gasteiger partial charge in [-0.25, -0.2) is 4.79 Å². The van der Waals surface area contributed by atoms with Crippen molar-refractivity contribution >= 4 is 17.5 Å². The summed E-state index contributed by atoms with van der Waals surface area (Å²) in [6.45, 7) is 0.0735. The Morgan fingerprint density at radius 2 is 1.80 bits per heavy atom. The van der Waals surface area contributed by atoms with Crippen molar-refractivity contribution in [3.8, 4) is 0 Å². The lowest BCUT2D eigenvalue weighted by Gasteiger charge is -2.34. The van der Waals surface area contributed by atoms with Crippen molar-refractivity contribution in [2.24, 2.45) is 0 Å². The van der Waals surface area contributed by atoms with Crippen LogP contribution in [-0.2, 0) is 17.9 Å². The lowest BCUT2D eigenvalue weighted by molar-refractivity contribution is -0.142. The Bertz CT molecular complexity index is 1190. The van der Waals surface area contributed by atoms with Gasteiger partial charge in [0.25, 0.3) is 5.56 Å². The Labute approximate surface area is 199 Å². The highest BCUT2D eigenvalue weighted by molar-refractivity contribution is 6.01. The van der Waals surface area contributed by atoms with Crippen LogP contribution in [0.15, 0.2) is 39.9 Å². The second-order valence-corrected chi connectivity index (χ2v) is 8.40. The van der Waals surface area contributed by atoms with Gasteiger partial charge in [-0.1, -0.05) is 36.8 Å². The molecule has 3 N–H and O–H groups in total. The Hall–Kier alpha value is -3.41. The number of nitrogens with two attached hydrogens (primary N) is 1. The minimum absolute atomic E-state index is 0.0131. The second kappa shape index (κ2) is 10.9. The number of ketones is 1. The first-order valence-corrected chi connectivity index (χ1v) is 11.3. The van der Waals surface area contributed by atoms with Crippen LogP contribution in [-0.4, -0.2) is 57.6 Å². The van der Waals surface area contributed by atoms with E-state index in [4.69, 9.17) is 5.73 Å². The molecule has 35 heavy (non-hydrogen) atoms. The van der Waals surface area contributed by atoms with E-state index in [1.54, 1.807) is 37.3 Å². The number of carbonyl (C=O) groups excluding carboxylic acids is 2. The zero-order valence-electron chi connectivity index (χ0n) is 19.3. The molecule has 1 aromatic heterocycles. The number of benzene rings is 1. The Kier molecular flexibility index (Phi) is 8.15. The van der Waals surface area contributed by atoms with Crippen molar-refractivity contribution in [3.63, 3.8) is 0 Å². The van der Waals surface area contributed by atoms with Gasteiger partial charge in [0.15, 0.2) is 5.78 Å². The average Bonchev–Trinajstić information content (AvgIpc) is 2.81. The molecule has 0 radical (unpaired) electrons. The first-order chi connectivity index (χ1) is 16.5. The fraction of sp³-hybridized carbons (Fsp3) is 0.478. The number of aromatic nitrogens is 2. The molecule has 0 unspecified atom stereocenters. The number of hydrogen-bond donors (Lipinski definition) is 2. The van der Waals surface area contributed by atoms with Gasteiger partial charge in [-0.3, -0.25) is 28.4 Å². The van der Waals surface area contributed by atoms with Gasteiger partial charge in [0.1, 0.15) is 17.9 Å². The Morgan fingerprint density at radius 1 is 1.11 bits per heavy atom. The molecule has 1 saturated heterocycles. The number of likely N-dealkylation sites (tertiary alicyclic amines) is 1. The molecule has 9 nitrogen and oxygen atoms in total. The van der Waals surface area contributed by atoms with Gasteiger partial charge in [-0.2, -0.15) is 13.2 Å². The van der Waals surface area contributed by atoms with Gasteiger partial charge in [0.05, 0.1) is 19.1 Å². The van der Waals surface area contributed by atoms with Gasteiger partial charge in [-0.15, -0.1) is 0 Å². The summed E-state index contributed by atoms with van der Waals surface area (Å²) >= 11 is 0. The van der Waals surface area contributed by atoms with E-state index in [9.17, 15) is 32.3 Å². The SMILES string of the molecule is CCn1c(=O)c(C(=O)CN2CCCC[C@@H]2C(=O)NCC(F)(F)F)c(N)n(Cc2ccccc2)c1=O. The molecule has 3 rings (SSSR count). The standard InChI is InChI=1S/C23H28F3N5O4/c1-2-30-21(34)18(19(27)31(22(30)35)12-15-8-4-3-5-9-15)17(32)13-29-11-7-6-10-16(29)20(33)28-14-23(24,25)26/h3-5,8-9,16H,2,6-7,10-14,27H2,1H3,(H,28,33)/t16-/m1/s1.